The van der Waals surface area contributed by atoms with Crippen LogP contribution >= 0.6 is 11.6 Å². The van der Waals surface area contributed by atoms with Gasteiger partial charge in [0.1, 0.15) is 11.5 Å². The van der Waals surface area contributed by atoms with Crippen LogP contribution in [0.25, 0.3) is 0 Å². The van der Waals surface area contributed by atoms with Gasteiger partial charge in [-0.3, -0.25) is 4.79 Å². The van der Waals surface area contributed by atoms with Crippen molar-refractivity contribution in [3.63, 3.8) is 0 Å². The molecule has 2 aromatic heterocycles. The lowest BCUT2D eigenvalue weighted by Gasteiger charge is -2.26. The number of sulfone groups is 1. The Hall–Kier alpha value is -3.89. The fourth-order valence-electron chi connectivity index (χ4n) is 3.67. The predicted octanol–water partition coefficient (Wildman–Crippen LogP) is 4.90. The summed E-state index contributed by atoms with van der Waals surface area (Å²) in [5.41, 5.74) is 2.25. The normalized spacial score (nSPS) is 11.2. The van der Waals surface area contributed by atoms with Gasteiger partial charge in [-0.15, -0.1) is 0 Å². The number of furan rings is 1. The Bertz CT molecular complexity index is 1520. The van der Waals surface area contributed by atoms with E-state index < -0.39 is 20.9 Å². The van der Waals surface area contributed by atoms with E-state index in [2.05, 4.69) is 15.3 Å². The van der Waals surface area contributed by atoms with E-state index in [0.717, 1.165) is 11.8 Å². The summed E-state index contributed by atoms with van der Waals surface area (Å²) in [6.45, 7) is 2.37. The van der Waals surface area contributed by atoms with Crippen LogP contribution in [0, 0.1) is 6.92 Å². The maximum Gasteiger partial charge on any atom is 0.276 e. The zero-order valence-corrected chi connectivity index (χ0v) is 22.0. The molecule has 9 nitrogen and oxygen atoms in total. The summed E-state index contributed by atoms with van der Waals surface area (Å²) >= 11 is 6.22. The lowest BCUT2D eigenvalue weighted by molar-refractivity contribution is 0.102. The van der Waals surface area contributed by atoms with Gasteiger partial charge in [0.2, 0.25) is 15.0 Å². The molecule has 192 valence electrons. The molecule has 1 amide bonds. The molecular formula is C26H25ClN4O5S. The molecule has 2 aromatic carbocycles. The molecule has 37 heavy (non-hydrogen) atoms. The highest BCUT2D eigenvalue weighted by Crippen LogP contribution is 2.28. The SMILES string of the molecule is COc1cccc(CN(Cc2ccco2)c2cnc(S(C)(=O)=O)nc2C(=O)Nc2cccc(Cl)c2C)c1. The van der Waals surface area contributed by atoms with Crippen molar-refractivity contribution in [1.82, 2.24) is 9.97 Å². The van der Waals surface area contributed by atoms with Gasteiger partial charge in [-0.2, -0.15) is 0 Å². The lowest BCUT2D eigenvalue weighted by atomic mass is 10.1. The molecule has 2 heterocycles. The number of hydrogen-bond acceptors (Lipinski definition) is 8. The molecule has 0 spiro atoms. The van der Waals surface area contributed by atoms with E-state index in [1.165, 1.54) is 6.20 Å². The average molecular weight is 541 g/mol. The van der Waals surface area contributed by atoms with E-state index in [0.29, 0.717) is 40.0 Å². The zero-order chi connectivity index (χ0) is 26.6. The number of ether oxygens (including phenoxy) is 1. The van der Waals surface area contributed by atoms with Crippen molar-refractivity contribution in [3.05, 3.63) is 94.7 Å². The summed E-state index contributed by atoms with van der Waals surface area (Å²) in [4.78, 5) is 23.6. The van der Waals surface area contributed by atoms with Crippen LogP contribution in [0.1, 0.15) is 27.4 Å². The van der Waals surface area contributed by atoms with Gasteiger partial charge in [-0.25, -0.2) is 18.4 Å². The van der Waals surface area contributed by atoms with Crippen molar-refractivity contribution in [2.24, 2.45) is 0 Å². The molecule has 0 atom stereocenters. The van der Waals surface area contributed by atoms with Crippen molar-refractivity contribution in [2.75, 3.05) is 23.6 Å². The summed E-state index contributed by atoms with van der Waals surface area (Å²) < 4.78 is 35.4. The smallest absolute Gasteiger partial charge is 0.276 e. The van der Waals surface area contributed by atoms with Gasteiger partial charge < -0.3 is 19.4 Å². The summed E-state index contributed by atoms with van der Waals surface area (Å²) in [5, 5.41) is 2.83. The molecule has 11 heteroatoms. The van der Waals surface area contributed by atoms with Gasteiger partial charge in [0.05, 0.1) is 31.8 Å². The van der Waals surface area contributed by atoms with Crippen LogP contribution in [0.5, 0.6) is 5.75 Å². The summed E-state index contributed by atoms with van der Waals surface area (Å²) in [7, 11) is -2.20. The van der Waals surface area contributed by atoms with Gasteiger partial charge in [0.15, 0.2) is 5.69 Å². The maximum atomic E-state index is 13.5. The molecule has 0 fully saturated rings. The second-order valence-corrected chi connectivity index (χ2v) is 10.6. The standard InChI is InChI=1S/C26H25ClN4O5S/c1-17-21(27)10-5-11-22(17)29-25(32)24-23(14-28-26(30-24)37(3,33)34)31(16-20-9-6-12-36-20)15-18-7-4-8-19(13-18)35-2/h4-14H,15-16H2,1-3H3,(H,29,32). The third-order valence-corrected chi connectivity index (χ3v) is 6.85. The van der Waals surface area contributed by atoms with Crippen molar-refractivity contribution in [3.8, 4) is 5.75 Å². The van der Waals surface area contributed by atoms with Gasteiger partial charge in [-0.1, -0.05) is 29.8 Å². The van der Waals surface area contributed by atoms with Crippen LogP contribution in [-0.2, 0) is 22.9 Å². The number of methoxy groups -OCH3 is 1. The molecule has 0 aliphatic heterocycles. The van der Waals surface area contributed by atoms with Crippen molar-refractivity contribution in [1.29, 1.82) is 0 Å². The minimum atomic E-state index is -3.78. The van der Waals surface area contributed by atoms with Gasteiger partial charge in [0.25, 0.3) is 5.91 Å². The number of nitrogens with zero attached hydrogens (tertiary/aromatic N) is 3. The Morgan fingerprint density at radius 2 is 1.92 bits per heavy atom. The Kier molecular flexibility index (Phi) is 7.80. The Morgan fingerprint density at radius 1 is 1.14 bits per heavy atom. The predicted molar refractivity (Wildman–Crippen MR) is 141 cm³/mol. The number of nitrogens with one attached hydrogen (secondary N) is 1. The fraction of sp³-hybridized carbons (Fsp3) is 0.192. The van der Waals surface area contributed by atoms with E-state index in [1.54, 1.807) is 50.6 Å². The monoisotopic (exact) mass is 540 g/mol. The summed E-state index contributed by atoms with van der Waals surface area (Å²) in [6.07, 6.45) is 3.88. The minimum Gasteiger partial charge on any atom is -0.497 e. The van der Waals surface area contributed by atoms with Crippen LogP contribution in [0.4, 0.5) is 11.4 Å². The highest BCUT2D eigenvalue weighted by molar-refractivity contribution is 7.90. The van der Waals surface area contributed by atoms with Crippen molar-refractivity contribution >= 4 is 38.7 Å². The van der Waals surface area contributed by atoms with E-state index in [4.69, 9.17) is 20.8 Å². The molecular weight excluding hydrogens is 516 g/mol. The van der Waals surface area contributed by atoms with Crippen LogP contribution < -0.4 is 15.0 Å². The van der Waals surface area contributed by atoms with Gasteiger partial charge in [0, 0.05) is 23.5 Å². The van der Waals surface area contributed by atoms with Gasteiger partial charge in [-0.05, 0) is 54.4 Å². The second-order valence-electron chi connectivity index (χ2n) is 8.31. The molecule has 0 saturated carbocycles. The summed E-state index contributed by atoms with van der Waals surface area (Å²) in [5.74, 6) is 0.698. The first-order valence-electron chi connectivity index (χ1n) is 11.2. The number of benzene rings is 2. The highest BCUT2D eigenvalue weighted by atomic mass is 35.5. The van der Waals surface area contributed by atoms with Crippen LogP contribution in [0.15, 0.2) is 76.6 Å². The van der Waals surface area contributed by atoms with Crippen LogP contribution in [-0.4, -0.2) is 37.7 Å². The van der Waals surface area contributed by atoms with Crippen LogP contribution in [0.2, 0.25) is 5.02 Å². The number of halogens is 1. The Balaban J connectivity index is 1.80. The van der Waals surface area contributed by atoms with E-state index in [1.807, 2.05) is 29.2 Å². The molecule has 0 radical (unpaired) electrons. The number of aromatic nitrogens is 2. The Labute approximate surface area is 220 Å². The highest BCUT2D eigenvalue weighted by Gasteiger charge is 2.25. The molecule has 4 rings (SSSR count). The number of carbonyl (C=O) groups excluding carboxylic acids is 1. The first-order valence-corrected chi connectivity index (χ1v) is 13.5. The van der Waals surface area contributed by atoms with Crippen molar-refractivity contribution in [2.45, 2.75) is 25.2 Å². The number of rotatable bonds is 9. The van der Waals surface area contributed by atoms with Crippen LogP contribution in [0.3, 0.4) is 0 Å². The lowest BCUT2D eigenvalue weighted by Crippen LogP contribution is -2.27. The minimum absolute atomic E-state index is 0.107. The maximum absolute atomic E-state index is 13.5. The number of hydrogen-bond donors (Lipinski definition) is 1. The first kappa shape index (κ1) is 26.2. The zero-order valence-electron chi connectivity index (χ0n) is 20.4. The molecule has 0 bridgehead atoms. The fourth-order valence-corrected chi connectivity index (χ4v) is 4.34. The molecule has 1 N–H and O–H groups in total. The molecule has 0 aliphatic carbocycles. The third kappa shape index (κ3) is 6.28. The van der Waals surface area contributed by atoms with E-state index >= 15 is 0 Å². The topological polar surface area (TPSA) is 115 Å². The Morgan fingerprint density at radius 3 is 2.62 bits per heavy atom. The largest absolute Gasteiger partial charge is 0.497 e. The number of anilines is 2. The first-order chi connectivity index (χ1) is 17.7. The summed E-state index contributed by atoms with van der Waals surface area (Å²) in [6, 6.07) is 16.2. The molecule has 4 aromatic rings. The third-order valence-electron chi connectivity index (χ3n) is 5.59. The van der Waals surface area contributed by atoms with Gasteiger partial charge >= 0.3 is 0 Å². The quantitative estimate of drug-likeness (QED) is 0.298. The molecule has 0 saturated heterocycles. The number of amides is 1. The van der Waals surface area contributed by atoms with E-state index in [-0.39, 0.29) is 12.2 Å². The second kappa shape index (κ2) is 11.0. The molecule has 0 unspecified atom stereocenters. The average Bonchev–Trinajstić information content (AvgIpc) is 3.39. The van der Waals surface area contributed by atoms with E-state index in [9.17, 15) is 13.2 Å². The van der Waals surface area contributed by atoms with Crippen molar-refractivity contribution < 1.29 is 22.4 Å². The number of carbonyl (C=O) groups is 1. The molecule has 0 aliphatic rings.